The summed E-state index contributed by atoms with van der Waals surface area (Å²) < 4.78 is 52.9. The zero-order valence-electron chi connectivity index (χ0n) is 16.7. The Hall–Kier alpha value is -2.69. The van der Waals surface area contributed by atoms with Gasteiger partial charge in [-0.05, 0) is 67.9 Å². The third kappa shape index (κ3) is 5.93. The van der Waals surface area contributed by atoms with Gasteiger partial charge in [-0.1, -0.05) is 45.8 Å². The van der Waals surface area contributed by atoms with Crippen molar-refractivity contribution in [3.63, 3.8) is 0 Å². The summed E-state index contributed by atoms with van der Waals surface area (Å²) in [5, 5.41) is 3.96. The topological polar surface area (TPSA) is 105 Å². The molecule has 0 aliphatic heterocycles. The third-order valence-corrected chi connectivity index (χ3v) is 7.49. The zero-order valence-corrected chi connectivity index (χ0v) is 19.9. The molecule has 7 nitrogen and oxygen atoms in total. The number of hydrogen-bond acceptors (Lipinski definition) is 5. The minimum absolute atomic E-state index is 0.118. The van der Waals surface area contributed by atoms with Crippen LogP contribution in [0, 0.1) is 6.92 Å². The number of nitrogens with zero attached hydrogens (tertiary/aromatic N) is 1. The molecule has 0 atom stereocenters. The van der Waals surface area contributed by atoms with E-state index in [1.54, 1.807) is 55.5 Å². The molecule has 0 aliphatic rings. The minimum Gasteiger partial charge on any atom is -0.280 e. The van der Waals surface area contributed by atoms with Crippen LogP contribution in [-0.4, -0.2) is 22.5 Å². The average Bonchev–Trinajstić information content (AvgIpc) is 2.73. The van der Waals surface area contributed by atoms with Gasteiger partial charge < -0.3 is 0 Å². The molecule has 0 amide bonds. The van der Waals surface area contributed by atoms with Gasteiger partial charge in [-0.25, -0.2) is 8.42 Å². The molecule has 0 radical (unpaired) electrons. The summed E-state index contributed by atoms with van der Waals surface area (Å²) in [6.45, 7) is 3.52. The molecular formula is C21H20BrN3O4S2. The van der Waals surface area contributed by atoms with Crippen molar-refractivity contribution in [2.24, 2.45) is 5.10 Å². The number of benzene rings is 3. The average molecular weight is 522 g/mol. The van der Waals surface area contributed by atoms with Gasteiger partial charge in [0.15, 0.2) is 0 Å². The Morgan fingerprint density at radius 1 is 0.774 bits per heavy atom. The molecule has 0 aliphatic carbocycles. The van der Waals surface area contributed by atoms with E-state index in [1.165, 1.54) is 24.3 Å². The van der Waals surface area contributed by atoms with Gasteiger partial charge in [0.25, 0.3) is 20.0 Å². The number of sulfonamides is 2. The predicted octanol–water partition coefficient (Wildman–Crippen LogP) is 4.26. The fraction of sp³-hybridized carbons (Fsp3) is 0.0952. The molecule has 3 aromatic carbocycles. The molecule has 0 fully saturated rings. The Balaban J connectivity index is 1.71. The van der Waals surface area contributed by atoms with Gasteiger partial charge in [-0.3, -0.25) is 4.72 Å². The lowest BCUT2D eigenvalue weighted by molar-refractivity contribution is 0.584. The number of rotatable bonds is 7. The highest BCUT2D eigenvalue weighted by atomic mass is 79.9. The molecule has 3 aromatic rings. The van der Waals surface area contributed by atoms with Crippen molar-refractivity contribution < 1.29 is 16.8 Å². The molecular weight excluding hydrogens is 502 g/mol. The molecule has 0 saturated carbocycles. The van der Waals surface area contributed by atoms with E-state index in [9.17, 15) is 16.8 Å². The van der Waals surface area contributed by atoms with Gasteiger partial charge in [0, 0.05) is 10.2 Å². The predicted molar refractivity (Wildman–Crippen MR) is 125 cm³/mol. The van der Waals surface area contributed by atoms with Crippen LogP contribution in [0.4, 0.5) is 5.69 Å². The fourth-order valence-electron chi connectivity index (χ4n) is 2.57. The van der Waals surface area contributed by atoms with E-state index in [0.717, 1.165) is 10.0 Å². The maximum absolute atomic E-state index is 12.5. The van der Waals surface area contributed by atoms with E-state index in [1.807, 2.05) is 6.92 Å². The van der Waals surface area contributed by atoms with E-state index in [4.69, 9.17) is 0 Å². The summed E-state index contributed by atoms with van der Waals surface area (Å²) in [4.78, 5) is 2.48. The quantitative estimate of drug-likeness (QED) is 0.357. The highest BCUT2D eigenvalue weighted by Gasteiger charge is 2.15. The van der Waals surface area contributed by atoms with Crippen LogP contribution in [-0.2, 0) is 20.0 Å². The van der Waals surface area contributed by atoms with E-state index in [2.05, 4.69) is 30.6 Å². The van der Waals surface area contributed by atoms with E-state index < -0.39 is 20.0 Å². The summed E-state index contributed by atoms with van der Waals surface area (Å²) in [7, 11) is -7.50. The van der Waals surface area contributed by atoms with Gasteiger partial charge in [0.05, 0.1) is 15.5 Å². The van der Waals surface area contributed by atoms with Crippen LogP contribution in [0.2, 0.25) is 0 Å². The second-order valence-corrected chi connectivity index (χ2v) is 11.0. The molecule has 0 aromatic heterocycles. The molecule has 0 saturated heterocycles. The number of hydrazone groups is 1. The van der Waals surface area contributed by atoms with Crippen molar-refractivity contribution >= 4 is 47.4 Å². The SMILES string of the molecule is CC(=NNS(=O)(=O)c1ccc(C)cc1)c1ccc(NS(=O)(=O)c2ccc(Br)cc2)cc1. The number of aryl methyl sites for hydroxylation is 1. The largest absolute Gasteiger partial charge is 0.280 e. The lowest BCUT2D eigenvalue weighted by Gasteiger charge is -2.09. The Labute approximate surface area is 190 Å². The summed E-state index contributed by atoms with van der Waals surface area (Å²) in [5.74, 6) is 0. The molecule has 0 spiro atoms. The summed E-state index contributed by atoms with van der Waals surface area (Å²) in [6.07, 6.45) is 0. The second kappa shape index (κ2) is 9.21. The highest BCUT2D eigenvalue weighted by Crippen LogP contribution is 2.19. The molecule has 31 heavy (non-hydrogen) atoms. The monoisotopic (exact) mass is 521 g/mol. The Morgan fingerprint density at radius 2 is 1.29 bits per heavy atom. The molecule has 3 rings (SSSR count). The van der Waals surface area contributed by atoms with E-state index in [-0.39, 0.29) is 9.79 Å². The first-order valence-corrected chi connectivity index (χ1v) is 12.8. The maximum atomic E-state index is 12.5. The fourth-order valence-corrected chi connectivity index (χ4v) is 4.75. The van der Waals surface area contributed by atoms with Crippen LogP contribution < -0.4 is 9.55 Å². The first-order chi connectivity index (χ1) is 14.6. The van der Waals surface area contributed by atoms with Crippen molar-refractivity contribution in [1.29, 1.82) is 0 Å². The van der Waals surface area contributed by atoms with Gasteiger partial charge in [0.1, 0.15) is 0 Å². The van der Waals surface area contributed by atoms with Crippen molar-refractivity contribution in [3.8, 4) is 0 Å². The lowest BCUT2D eigenvalue weighted by Crippen LogP contribution is -2.20. The third-order valence-electron chi connectivity index (χ3n) is 4.34. The smallest absolute Gasteiger partial charge is 0.276 e. The lowest BCUT2D eigenvalue weighted by atomic mass is 10.1. The Bertz CT molecular complexity index is 1300. The zero-order chi connectivity index (χ0) is 22.6. The van der Waals surface area contributed by atoms with Gasteiger partial charge in [-0.15, -0.1) is 0 Å². The number of halogens is 1. The Morgan fingerprint density at radius 3 is 1.87 bits per heavy atom. The van der Waals surface area contributed by atoms with Crippen LogP contribution >= 0.6 is 15.9 Å². The molecule has 10 heteroatoms. The second-order valence-electron chi connectivity index (χ2n) is 6.74. The maximum Gasteiger partial charge on any atom is 0.276 e. The van der Waals surface area contributed by atoms with E-state index >= 15 is 0 Å². The number of nitrogens with one attached hydrogen (secondary N) is 2. The summed E-state index contributed by atoms with van der Waals surface area (Å²) in [5.41, 5.74) is 2.39. The molecule has 0 heterocycles. The standard InChI is InChI=1S/C21H20BrN3O4S2/c1-15-3-11-21(12-4-15)31(28,29)25-23-16(2)17-5-9-19(10-6-17)24-30(26,27)20-13-7-18(22)8-14-20/h3-14,24-25H,1-2H3. The normalized spacial score (nSPS) is 12.4. The molecule has 0 unspecified atom stereocenters. The summed E-state index contributed by atoms with van der Waals surface area (Å²) >= 11 is 3.27. The first-order valence-electron chi connectivity index (χ1n) is 9.08. The van der Waals surface area contributed by atoms with Crippen molar-refractivity contribution in [3.05, 3.63) is 88.4 Å². The Kier molecular flexibility index (Phi) is 6.83. The van der Waals surface area contributed by atoms with Gasteiger partial charge in [-0.2, -0.15) is 18.4 Å². The van der Waals surface area contributed by atoms with Gasteiger partial charge >= 0.3 is 0 Å². The van der Waals surface area contributed by atoms with Crippen LogP contribution in [0.5, 0.6) is 0 Å². The van der Waals surface area contributed by atoms with Crippen LogP contribution in [0.3, 0.4) is 0 Å². The van der Waals surface area contributed by atoms with Crippen molar-refractivity contribution in [1.82, 2.24) is 4.83 Å². The molecule has 162 valence electrons. The van der Waals surface area contributed by atoms with Crippen molar-refractivity contribution in [2.45, 2.75) is 23.6 Å². The first kappa shape index (κ1) is 23.0. The van der Waals surface area contributed by atoms with Crippen LogP contribution in [0.25, 0.3) is 0 Å². The minimum atomic E-state index is -3.78. The van der Waals surface area contributed by atoms with E-state index in [0.29, 0.717) is 17.0 Å². The molecule has 0 bridgehead atoms. The van der Waals surface area contributed by atoms with Gasteiger partial charge in [0.2, 0.25) is 0 Å². The summed E-state index contributed by atoms with van der Waals surface area (Å²) in [6, 6.07) is 19.2. The van der Waals surface area contributed by atoms with Crippen molar-refractivity contribution in [2.75, 3.05) is 4.72 Å². The van der Waals surface area contributed by atoms with Crippen LogP contribution in [0.15, 0.2) is 92.2 Å². The number of anilines is 1. The number of hydrogen-bond donors (Lipinski definition) is 2. The molecule has 2 N–H and O–H groups in total. The highest BCUT2D eigenvalue weighted by molar-refractivity contribution is 9.10. The van der Waals surface area contributed by atoms with Crippen LogP contribution in [0.1, 0.15) is 18.1 Å².